The fraction of sp³-hybridized carbons (Fsp3) is 0.0909. The number of benzene rings is 2. The van der Waals surface area contributed by atoms with Gasteiger partial charge in [0.15, 0.2) is 5.82 Å². The zero-order valence-electron chi connectivity index (χ0n) is 15.3. The molecule has 2 N–H and O–H groups in total. The Bertz CT molecular complexity index is 1180. The van der Waals surface area contributed by atoms with Crippen molar-refractivity contribution in [2.24, 2.45) is 0 Å². The highest BCUT2D eigenvalue weighted by molar-refractivity contribution is 5.94. The fourth-order valence-electron chi connectivity index (χ4n) is 3.02. The van der Waals surface area contributed by atoms with E-state index in [1.165, 1.54) is 12.1 Å². The molecule has 0 atom stereocenters. The van der Waals surface area contributed by atoms with E-state index in [1.54, 1.807) is 24.5 Å². The van der Waals surface area contributed by atoms with Gasteiger partial charge in [0.2, 0.25) is 0 Å². The van der Waals surface area contributed by atoms with Crippen molar-refractivity contribution in [3.8, 4) is 22.5 Å². The Kier molecular flexibility index (Phi) is 5.11. The van der Waals surface area contributed by atoms with E-state index in [4.69, 9.17) is 5.11 Å². The van der Waals surface area contributed by atoms with Crippen LogP contribution >= 0.6 is 0 Å². The zero-order valence-corrected chi connectivity index (χ0v) is 15.3. The number of anilines is 1. The molecule has 4 rings (SSSR count). The van der Waals surface area contributed by atoms with Crippen LogP contribution in [-0.2, 0) is 4.79 Å². The van der Waals surface area contributed by atoms with Crippen molar-refractivity contribution in [1.29, 1.82) is 0 Å². The Morgan fingerprint density at radius 1 is 1.00 bits per heavy atom. The first-order valence-corrected chi connectivity index (χ1v) is 9.04. The summed E-state index contributed by atoms with van der Waals surface area (Å²) in [6, 6.07) is 15.6. The van der Waals surface area contributed by atoms with E-state index >= 15 is 0 Å². The number of carboxylic acid groups (broad SMARTS) is 1. The summed E-state index contributed by atoms with van der Waals surface area (Å²) in [5.41, 5.74) is 3.00. The van der Waals surface area contributed by atoms with Crippen LogP contribution in [0.5, 0.6) is 0 Å². The summed E-state index contributed by atoms with van der Waals surface area (Å²) in [4.78, 5) is 24.2. The number of fused-ring (bicyclic) bond motifs is 1. The van der Waals surface area contributed by atoms with E-state index in [2.05, 4.69) is 20.3 Å². The molecule has 0 saturated carbocycles. The second kappa shape index (κ2) is 8.02. The second-order valence-corrected chi connectivity index (χ2v) is 6.45. The van der Waals surface area contributed by atoms with Gasteiger partial charge in [-0.3, -0.25) is 9.78 Å². The maximum atomic E-state index is 13.6. The van der Waals surface area contributed by atoms with Gasteiger partial charge in [-0.2, -0.15) is 0 Å². The van der Waals surface area contributed by atoms with Gasteiger partial charge < -0.3 is 10.4 Å². The van der Waals surface area contributed by atoms with E-state index in [9.17, 15) is 9.18 Å². The van der Waals surface area contributed by atoms with Crippen molar-refractivity contribution in [3.05, 3.63) is 72.8 Å². The number of halogens is 1. The lowest BCUT2D eigenvalue weighted by Crippen LogP contribution is -2.10. The summed E-state index contributed by atoms with van der Waals surface area (Å²) in [5, 5.41) is 12.8. The lowest BCUT2D eigenvalue weighted by Gasteiger charge is -2.12. The molecule has 2 heterocycles. The molecule has 29 heavy (non-hydrogen) atoms. The molecule has 0 bridgehead atoms. The van der Waals surface area contributed by atoms with Crippen LogP contribution in [-0.4, -0.2) is 32.6 Å². The van der Waals surface area contributed by atoms with Gasteiger partial charge in [-0.1, -0.05) is 18.2 Å². The number of carboxylic acids is 1. The Morgan fingerprint density at radius 3 is 2.59 bits per heavy atom. The van der Waals surface area contributed by atoms with Crippen LogP contribution in [0.3, 0.4) is 0 Å². The van der Waals surface area contributed by atoms with Crippen molar-refractivity contribution in [1.82, 2.24) is 15.0 Å². The van der Waals surface area contributed by atoms with E-state index in [0.717, 1.165) is 22.1 Å². The molecule has 2 aromatic heterocycles. The van der Waals surface area contributed by atoms with Gasteiger partial charge in [-0.25, -0.2) is 14.4 Å². The molecule has 0 aliphatic rings. The van der Waals surface area contributed by atoms with Crippen LogP contribution in [0.25, 0.3) is 33.4 Å². The number of nitrogens with one attached hydrogen (secondary N) is 1. The predicted molar refractivity (Wildman–Crippen MR) is 109 cm³/mol. The van der Waals surface area contributed by atoms with E-state index in [0.29, 0.717) is 17.2 Å². The third-order valence-corrected chi connectivity index (χ3v) is 4.40. The Balaban J connectivity index is 1.82. The lowest BCUT2D eigenvalue weighted by molar-refractivity contribution is -0.136. The molecule has 144 valence electrons. The first kappa shape index (κ1) is 18.5. The number of hydrogen-bond donors (Lipinski definition) is 2. The third-order valence-electron chi connectivity index (χ3n) is 4.40. The topological polar surface area (TPSA) is 88.0 Å². The number of rotatable bonds is 6. The van der Waals surface area contributed by atoms with Gasteiger partial charge >= 0.3 is 5.97 Å². The smallest absolute Gasteiger partial charge is 0.305 e. The molecule has 7 heteroatoms. The summed E-state index contributed by atoms with van der Waals surface area (Å²) >= 11 is 0. The minimum absolute atomic E-state index is 0.0443. The van der Waals surface area contributed by atoms with Crippen molar-refractivity contribution in [3.63, 3.8) is 0 Å². The lowest BCUT2D eigenvalue weighted by atomic mass is 10.0. The van der Waals surface area contributed by atoms with E-state index < -0.39 is 5.97 Å². The van der Waals surface area contributed by atoms with Gasteiger partial charge in [0.05, 0.1) is 11.9 Å². The molecule has 0 aliphatic carbocycles. The number of nitrogens with zero attached hydrogens (tertiary/aromatic N) is 3. The van der Waals surface area contributed by atoms with Gasteiger partial charge in [0.1, 0.15) is 11.6 Å². The second-order valence-electron chi connectivity index (χ2n) is 6.45. The van der Waals surface area contributed by atoms with Crippen molar-refractivity contribution >= 4 is 22.7 Å². The highest BCUT2D eigenvalue weighted by Crippen LogP contribution is 2.29. The fourth-order valence-corrected chi connectivity index (χ4v) is 3.02. The quantitative estimate of drug-likeness (QED) is 0.509. The number of hydrogen-bond acceptors (Lipinski definition) is 5. The maximum Gasteiger partial charge on any atom is 0.305 e. The SMILES string of the molecule is O=C(O)CCNc1nc(-c2cccnc2)nc2ccc(-c3cccc(F)c3)cc12. The molecular weight excluding hydrogens is 371 g/mol. The molecule has 0 radical (unpaired) electrons. The average molecular weight is 388 g/mol. The number of aliphatic carboxylic acids is 1. The predicted octanol–water partition coefficient (Wildman–Crippen LogP) is 4.38. The summed E-state index contributed by atoms with van der Waals surface area (Å²) in [5.74, 6) is -0.204. The van der Waals surface area contributed by atoms with Crippen LogP contribution in [0.4, 0.5) is 10.2 Å². The molecule has 0 aliphatic heterocycles. The normalized spacial score (nSPS) is 10.8. The molecule has 0 unspecified atom stereocenters. The number of carbonyl (C=O) groups is 1. The van der Waals surface area contributed by atoms with Crippen molar-refractivity contribution in [2.45, 2.75) is 6.42 Å². The molecule has 0 fully saturated rings. The van der Waals surface area contributed by atoms with Crippen LogP contribution in [0, 0.1) is 5.82 Å². The molecule has 0 spiro atoms. The minimum atomic E-state index is -0.899. The Hall–Kier alpha value is -3.87. The standard InChI is InChI=1S/C22H17FN4O2/c23-17-5-1-3-14(11-17)15-6-7-19-18(12-15)22(25-10-8-20(28)29)27-21(26-19)16-4-2-9-24-13-16/h1-7,9,11-13H,8,10H2,(H,28,29)(H,25,26,27). The van der Waals surface area contributed by atoms with Crippen LogP contribution < -0.4 is 5.32 Å². The van der Waals surface area contributed by atoms with Gasteiger partial charge in [0, 0.05) is 29.9 Å². The molecule has 0 amide bonds. The number of pyridine rings is 1. The third kappa shape index (κ3) is 4.19. The zero-order chi connectivity index (χ0) is 20.2. The largest absolute Gasteiger partial charge is 0.481 e. The van der Waals surface area contributed by atoms with Crippen LogP contribution in [0.15, 0.2) is 67.0 Å². The van der Waals surface area contributed by atoms with Crippen molar-refractivity contribution in [2.75, 3.05) is 11.9 Å². The summed E-state index contributed by atoms with van der Waals surface area (Å²) in [6.07, 6.45) is 3.29. The highest BCUT2D eigenvalue weighted by Gasteiger charge is 2.12. The van der Waals surface area contributed by atoms with Crippen LogP contribution in [0.2, 0.25) is 0 Å². The van der Waals surface area contributed by atoms with E-state index in [1.807, 2.05) is 30.3 Å². The average Bonchev–Trinajstić information content (AvgIpc) is 2.73. The molecule has 6 nitrogen and oxygen atoms in total. The molecule has 2 aromatic carbocycles. The minimum Gasteiger partial charge on any atom is -0.481 e. The first-order chi connectivity index (χ1) is 14.1. The van der Waals surface area contributed by atoms with Crippen LogP contribution in [0.1, 0.15) is 6.42 Å². The highest BCUT2D eigenvalue weighted by atomic mass is 19.1. The van der Waals surface area contributed by atoms with Gasteiger partial charge in [0.25, 0.3) is 0 Å². The first-order valence-electron chi connectivity index (χ1n) is 9.04. The Morgan fingerprint density at radius 2 is 1.83 bits per heavy atom. The maximum absolute atomic E-state index is 13.6. The molecular formula is C22H17FN4O2. The summed E-state index contributed by atoms with van der Waals surface area (Å²) < 4.78 is 13.6. The van der Waals surface area contributed by atoms with Gasteiger partial charge in [-0.05, 0) is 47.5 Å². The monoisotopic (exact) mass is 388 g/mol. The van der Waals surface area contributed by atoms with Gasteiger partial charge in [-0.15, -0.1) is 0 Å². The molecule has 0 saturated heterocycles. The van der Waals surface area contributed by atoms with E-state index in [-0.39, 0.29) is 18.8 Å². The molecule has 4 aromatic rings. The Labute approximate surface area is 166 Å². The summed E-state index contributed by atoms with van der Waals surface area (Å²) in [6.45, 7) is 0.220. The summed E-state index contributed by atoms with van der Waals surface area (Å²) in [7, 11) is 0. The van der Waals surface area contributed by atoms with Crippen molar-refractivity contribution < 1.29 is 14.3 Å². The number of aromatic nitrogens is 3.